The molecule has 134 valence electrons. The van der Waals surface area contributed by atoms with Crippen LogP contribution in [0.3, 0.4) is 0 Å². The molecule has 1 aromatic heterocycles. The fraction of sp³-hybridized carbons (Fsp3) is 0.706. The molecule has 0 N–H and O–H groups in total. The summed E-state index contributed by atoms with van der Waals surface area (Å²) in [5.74, 6) is 0.766. The molecule has 0 saturated carbocycles. The van der Waals surface area contributed by atoms with Crippen LogP contribution in [-0.2, 0) is 4.74 Å². The van der Waals surface area contributed by atoms with Crippen molar-refractivity contribution in [3.8, 4) is 0 Å². The van der Waals surface area contributed by atoms with E-state index < -0.39 is 5.60 Å². The first-order chi connectivity index (χ1) is 11.2. The van der Waals surface area contributed by atoms with Crippen LogP contribution < -0.4 is 4.90 Å². The van der Waals surface area contributed by atoms with Crippen LogP contribution in [0, 0.1) is 6.92 Å². The van der Waals surface area contributed by atoms with Crippen LogP contribution in [0.25, 0.3) is 0 Å². The van der Waals surface area contributed by atoms with Crippen LogP contribution in [0.1, 0.15) is 45.7 Å². The molecule has 1 saturated heterocycles. The van der Waals surface area contributed by atoms with Crippen molar-refractivity contribution in [2.45, 2.75) is 58.6 Å². The Balaban J connectivity index is 2.08. The second-order valence-corrected chi connectivity index (χ2v) is 7.68. The second kappa shape index (κ2) is 7.55. The molecule has 24 heavy (non-hydrogen) atoms. The Morgan fingerprint density at radius 1 is 1.42 bits per heavy atom. The van der Waals surface area contributed by atoms with E-state index in [-0.39, 0.29) is 17.4 Å². The largest absolute Gasteiger partial charge is 0.444 e. The van der Waals surface area contributed by atoms with Gasteiger partial charge in [-0.2, -0.15) is 0 Å². The predicted molar refractivity (Wildman–Crippen MR) is 95.6 cm³/mol. The lowest BCUT2D eigenvalue weighted by Crippen LogP contribution is -2.50. The van der Waals surface area contributed by atoms with E-state index in [1.165, 1.54) is 0 Å². The lowest BCUT2D eigenvalue weighted by molar-refractivity contribution is 0.0108. The van der Waals surface area contributed by atoms with Crippen LogP contribution in [0.5, 0.6) is 0 Å². The number of rotatable bonds is 3. The lowest BCUT2D eigenvalue weighted by Gasteiger charge is -2.38. The minimum atomic E-state index is -0.484. The Kier molecular flexibility index (Phi) is 5.91. The van der Waals surface area contributed by atoms with Gasteiger partial charge in [0.25, 0.3) is 0 Å². The van der Waals surface area contributed by atoms with Crippen molar-refractivity contribution in [1.29, 1.82) is 0 Å². The van der Waals surface area contributed by atoms with Crippen molar-refractivity contribution in [1.82, 2.24) is 14.9 Å². The van der Waals surface area contributed by atoms with Crippen molar-refractivity contribution >= 4 is 23.5 Å². The SMILES string of the molecule is Cc1cc(N(C)C[C@@H]2CCCCN2C(=O)OC(C)(C)C)nc(Cl)n1. The highest BCUT2D eigenvalue weighted by molar-refractivity contribution is 6.28. The van der Waals surface area contributed by atoms with E-state index >= 15 is 0 Å². The van der Waals surface area contributed by atoms with E-state index in [2.05, 4.69) is 9.97 Å². The van der Waals surface area contributed by atoms with Crippen molar-refractivity contribution in [2.24, 2.45) is 0 Å². The van der Waals surface area contributed by atoms with Gasteiger partial charge in [-0.15, -0.1) is 0 Å². The summed E-state index contributed by atoms with van der Waals surface area (Å²) in [7, 11) is 1.96. The number of aromatic nitrogens is 2. The van der Waals surface area contributed by atoms with Gasteiger partial charge >= 0.3 is 6.09 Å². The summed E-state index contributed by atoms with van der Waals surface area (Å²) in [6, 6.07) is 2.00. The smallest absolute Gasteiger partial charge is 0.410 e. The maximum absolute atomic E-state index is 12.5. The molecule has 6 nitrogen and oxygen atoms in total. The molecular formula is C17H27ClN4O2. The molecular weight excluding hydrogens is 328 g/mol. The summed E-state index contributed by atoms with van der Waals surface area (Å²) < 4.78 is 5.55. The van der Waals surface area contributed by atoms with E-state index in [1.54, 1.807) is 0 Å². The fourth-order valence-electron chi connectivity index (χ4n) is 2.87. The van der Waals surface area contributed by atoms with Gasteiger partial charge in [0.15, 0.2) is 0 Å². The van der Waals surface area contributed by atoms with Gasteiger partial charge in [-0.05, 0) is 58.6 Å². The first-order valence-electron chi connectivity index (χ1n) is 8.37. The molecule has 0 aromatic carbocycles. The Morgan fingerprint density at radius 3 is 2.75 bits per heavy atom. The summed E-state index contributed by atoms with van der Waals surface area (Å²) in [6.07, 6.45) is 2.85. The molecule has 2 heterocycles. The van der Waals surface area contributed by atoms with Crippen molar-refractivity contribution in [3.63, 3.8) is 0 Å². The molecule has 1 aliphatic heterocycles. The van der Waals surface area contributed by atoms with Crippen molar-refractivity contribution in [2.75, 3.05) is 25.0 Å². The summed E-state index contributed by atoms with van der Waals surface area (Å²) in [5.41, 5.74) is 0.340. The first-order valence-corrected chi connectivity index (χ1v) is 8.75. The average Bonchev–Trinajstić information content (AvgIpc) is 2.44. The normalized spacial score (nSPS) is 18.4. The average molecular weight is 355 g/mol. The number of likely N-dealkylation sites (tertiary alicyclic amines) is 1. The molecule has 2 rings (SSSR count). The third-order valence-electron chi connectivity index (χ3n) is 3.94. The summed E-state index contributed by atoms with van der Waals surface area (Å²) in [4.78, 5) is 24.7. The fourth-order valence-corrected chi connectivity index (χ4v) is 3.09. The molecule has 0 unspecified atom stereocenters. The van der Waals surface area contributed by atoms with Crippen LogP contribution in [-0.4, -0.2) is 52.7 Å². The topological polar surface area (TPSA) is 58.6 Å². The van der Waals surface area contributed by atoms with Crippen molar-refractivity contribution in [3.05, 3.63) is 17.0 Å². The number of amides is 1. The maximum atomic E-state index is 12.5. The molecule has 0 spiro atoms. The number of aryl methyl sites for hydroxylation is 1. The van der Waals surface area contributed by atoms with Gasteiger partial charge in [0.1, 0.15) is 11.4 Å². The molecule has 1 aliphatic rings. The highest BCUT2D eigenvalue weighted by Gasteiger charge is 2.31. The lowest BCUT2D eigenvalue weighted by atomic mass is 10.0. The molecule has 1 aromatic rings. The molecule has 0 bridgehead atoms. The van der Waals surface area contributed by atoms with Crippen LogP contribution in [0.4, 0.5) is 10.6 Å². The molecule has 0 radical (unpaired) electrons. The molecule has 0 aliphatic carbocycles. The number of nitrogens with zero attached hydrogens (tertiary/aromatic N) is 4. The molecule has 7 heteroatoms. The molecule has 1 amide bonds. The van der Waals surface area contributed by atoms with Crippen LogP contribution >= 0.6 is 11.6 Å². The van der Waals surface area contributed by atoms with E-state index in [0.717, 1.165) is 37.3 Å². The van der Waals surface area contributed by atoms with Gasteiger partial charge in [0.05, 0.1) is 6.04 Å². The number of likely N-dealkylation sites (N-methyl/N-ethyl adjacent to an activating group) is 1. The first kappa shape index (κ1) is 18.8. The van der Waals surface area contributed by atoms with Gasteiger partial charge in [-0.3, -0.25) is 0 Å². The Hall–Kier alpha value is -1.56. The zero-order valence-corrected chi connectivity index (χ0v) is 15.9. The van der Waals surface area contributed by atoms with Gasteiger partial charge in [0.2, 0.25) is 5.28 Å². The number of hydrogen-bond acceptors (Lipinski definition) is 5. The monoisotopic (exact) mass is 354 g/mol. The van der Waals surface area contributed by atoms with Gasteiger partial charge in [-0.1, -0.05) is 0 Å². The van der Waals surface area contributed by atoms with E-state index in [0.29, 0.717) is 6.54 Å². The highest BCUT2D eigenvalue weighted by atomic mass is 35.5. The number of carbonyl (C=O) groups is 1. The zero-order chi connectivity index (χ0) is 17.9. The third kappa shape index (κ3) is 5.23. The standard InChI is InChI=1S/C17H27ClN4O2/c1-12-10-14(20-15(18)19-12)21(5)11-13-8-6-7-9-22(13)16(23)24-17(2,3)4/h10,13H,6-9,11H2,1-5H3/t13-/m0/s1. The summed E-state index contributed by atoms with van der Waals surface area (Å²) >= 11 is 5.96. The number of ether oxygens (including phenoxy) is 1. The quantitative estimate of drug-likeness (QED) is 0.775. The van der Waals surface area contributed by atoms with Crippen LogP contribution in [0.2, 0.25) is 5.28 Å². The Morgan fingerprint density at radius 2 is 2.12 bits per heavy atom. The highest BCUT2D eigenvalue weighted by Crippen LogP contribution is 2.23. The number of carbonyl (C=O) groups excluding carboxylic acids is 1. The van der Waals surface area contributed by atoms with E-state index in [9.17, 15) is 4.79 Å². The van der Waals surface area contributed by atoms with Gasteiger partial charge in [0, 0.05) is 31.9 Å². The van der Waals surface area contributed by atoms with Crippen molar-refractivity contribution < 1.29 is 9.53 Å². The molecule has 1 atom stereocenters. The van der Waals surface area contributed by atoms with Gasteiger partial charge < -0.3 is 14.5 Å². The maximum Gasteiger partial charge on any atom is 0.410 e. The van der Waals surface area contributed by atoms with E-state index in [1.807, 2.05) is 50.6 Å². The number of piperidine rings is 1. The third-order valence-corrected chi connectivity index (χ3v) is 4.11. The minimum Gasteiger partial charge on any atom is -0.444 e. The second-order valence-electron chi connectivity index (χ2n) is 7.34. The summed E-state index contributed by atoms with van der Waals surface area (Å²) in [6.45, 7) is 8.98. The van der Waals surface area contributed by atoms with E-state index in [4.69, 9.17) is 16.3 Å². The predicted octanol–water partition coefficient (Wildman–Crippen LogP) is 3.66. The van der Waals surface area contributed by atoms with Gasteiger partial charge in [-0.25, -0.2) is 14.8 Å². The zero-order valence-electron chi connectivity index (χ0n) is 15.2. The number of hydrogen-bond donors (Lipinski definition) is 0. The Labute approximate surface area is 149 Å². The number of anilines is 1. The van der Waals surface area contributed by atoms with Crippen LogP contribution in [0.15, 0.2) is 6.07 Å². The Bertz CT molecular complexity index is 568. The molecule has 1 fully saturated rings. The minimum absolute atomic E-state index is 0.104. The summed E-state index contributed by atoms with van der Waals surface area (Å²) in [5, 5.41) is 0.240. The number of halogens is 1.